The molecule has 0 unspecified atom stereocenters. The molecule has 0 radical (unpaired) electrons. The molecule has 4 heteroatoms. The van der Waals surface area contributed by atoms with Gasteiger partial charge in [0.15, 0.2) is 5.79 Å². The molecule has 1 saturated heterocycles. The molecule has 0 amide bonds. The van der Waals surface area contributed by atoms with E-state index < -0.39 is 18.0 Å². The van der Waals surface area contributed by atoms with Gasteiger partial charge in [0.1, 0.15) is 0 Å². The zero-order chi connectivity index (χ0) is 11.3. The van der Waals surface area contributed by atoms with Crippen LogP contribution in [-0.2, 0) is 9.47 Å². The van der Waals surface area contributed by atoms with Crippen LogP contribution in [0.4, 0.5) is 0 Å². The van der Waals surface area contributed by atoms with Crippen molar-refractivity contribution in [2.24, 2.45) is 0 Å². The second-order valence-electron chi connectivity index (χ2n) is 4.27. The maximum atomic E-state index is 9.54. The Labute approximate surface area is 91.2 Å². The van der Waals surface area contributed by atoms with Gasteiger partial charge in [0.25, 0.3) is 0 Å². The topological polar surface area (TPSA) is 58.9 Å². The fourth-order valence-corrected chi connectivity index (χ4v) is 1.80. The van der Waals surface area contributed by atoms with Crippen molar-refractivity contribution in [3.05, 3.63) is 0 Å². The van der Waals surface area contributed by atoms with Crippen LogP contribution in [0, 0.1) is 0 Å². The number of rotatable bonds is 6. The molecule has 2 N–H and O–H groups in total. The molecule has 1 heterocycles. The van der Waals surface area contributed by atoms with Crippen LogP contribution in [0.3, 0.4) is 0 Å². The molecule has 1 aliphatic rings. The standard InChI is InChI=1S/C11H22O4/c1-3-9(12)10(13)5-4-6-11(2)14-7-8-15-11/h9-10,12-13H,3-8H2,1-2H3/t9-,10-/m1/s1. The zero-order valence-electron chi connectivity index (χ0n) is 9.61. The van der Waals surface area contributed by atoms with Crippen LogP contribution in [0.2, 0.25) is 0 Å². The third-order valence-electron chi connectivity index (χ3n) is 2.89. The van der Waals surface area contributed by atoms with E-state index in [1.807, 2.05) is 13.8 Å². The summed E-state index contributed by atoms with van der Waals surface area (Å²) >= 11 is 0. The fraction of sp³-hybridized carbons (Fsp3) is 1.00. The number of hydrogen-bond acceptors (Lipinski definition) is 4. The fourth-order valence-electron chi connectivity index (χ4n) is 1.80. The molecule has 0 spiro atoms. The van der Waals surface area contributed by atoms with E-state index in [-0.39, 0.29) is 0 Å². The summed E-state index contributed by atoms with van der Waals surface area (Å²) in [4.78, 5) is 0. The van der Waals surface area contributed by atoms with Crippen molar-refractivity contribution in [2.75, 3.05) is 13.2 Å². The lowest BCUT2D eigenvalue weighted by Gasteiger charge is -2.23. The van der Waals surface area contributed by atoms with Gasteiger partial charge in [-0.05, 0) is 26.2 Å². The number of ether oxygens (including phenoxy) is 2. The predicted octanol–water partition coefficient (Wildman–Crippen LogP) is 1.05. The smallest absolute Gasteiger partial charge is 0.165 e. The van der Waals surface area contributed by atoms with Crippen molar-refractivity contribution in [2.45, 2.75) is 57.5 Å². The highest BCUT2D eigenvalue weighted by Gasteiger charge is 2.30. The lowest BCUT2D eigenvalue weighted by molar-refractivity contribution is -0.148. The predicted molar refractivity (Wildman–Crippen MR) is 56.5 cm³/mol. The molecule has 0 aromatic carbocycles. The van der Waals surface area contributed by atoms with Crippen molar-refractivity contribution in [1.29, 1.82) is 0 Å². The van der Waals surface area contributed by atoms with Gasteiger partial charge in [0.2, 0.25) is 0 Å². The van der Waals surface area contributed by atoms with Gasteiger partial charge in [-0.1, -0.05) is 6.92 Å². The van der Waals surface area contributed by atoms with Gasteiger partial charge in [0, 0.05) is 6.42 Å². The summed E-state index contributed by atoms with van der Waals surface area (Å²) < 4.78 is 10.9. The Kier molecular flexibility index (Phi) is 4.99. The van der Waals surface area contributed by atoms with Gasteiger partial charge in [-0.2, -0.15) is 0 Å². The van der Waals surface area contributed by atoms with E-state index >= 15 is 0 Å². The van der Waals surface area contributed by atoms with Crippen molar-refractivity contribution < 1.29 is 19.7 Å². The lowest BCUT2D eigenvalue weighted by Crippen LogP contribution is -2.28. The average Bonchev–Trinajstić information content (AvgIpc) is 2.64. The van der Waals surface area contributed by atoms with Crippen molar-refractivity contribution in [3.63, 3.8) is 0 Å². The minimum absolute atomic E-state index is 0.475. The molecule has 15 heavy (non-hydrogen) atoms. The van der Waals surface area contributed by atoms with Crippen LogP contribution in [0.1, 0.15) is 39.5 Å². The third kappa shape index (κ3) is 4.07. The minimum atomic E-state index is -0.625. The highest BCUT2D eigenvalue weighted by Crippen LogP contribution is 2.25. The van der Waals surface area contributed by atoms with Crippen LogP contribution in [0.15, 0.2) is 0 Å². The Bertz CT molecular complexity index is 177. The monoisotopic (exact) mass is 218 g/mol. The first kappa shape index (κ1) is 12.9. The Balaban J connectivity index is 2.15. The normalized spacial score (nSPS) is 24.0. The molecule has 0 aliphatic carbocycles. The summed E-state index contributed by atoms with van der Waals surface area (Å²) in [5.41, 5.74) is 0. The highest BCUT2D eigenvalue weighted by molar-refractivity contribution is 4.71. The van der Waals surface area contributed by atoms with E-state index in [1.165, 1.54) is 0 Å². The maximum Gasteiger partial charge on any atom is 0.165 e. The molecule has 1 rings (SSSR count). The van der Waals surface area contributed by atoms with Crippen LogP contribution < -0.4 is 0 Å². The van der Waals surface area contributed by atoms with Gasteiger partial charge >= 0.3 is 0 Å². The molecule has 0 aromatic heterocycles. The van der Waals surface area contributed by atoms with Gasteiger partial charge in [0.05, 0.1) is 25.4 Å². The van der Waals surface area contributed by atoms with E-state index in [1.54, 1.807) is 0 Å². The van der Waals surface area contributed by atoms with Crippen molar-refractivity contribution in [3.8, 4) is 0 Å². The van der Waals surface area contributed by atoms with Gasteiger partial charge in [-0.15, -0.1) is 0 Å². The lowest BCUT2D eigenvalue weighted by atomic mass is 10.0. The van der Waals surface area contributed by atoms with E-state index in [2.05, 4.69) is 0 Å². The number of hydrogen-bond donors (Lipinski definition) is 2. The molecule has 4 nitrogen and oxygen atoms in total. The molecule has 90 valence electrons. The molecular formula is C11H22O4. The summed E-state index contributed by atoms with van der Waals surface area (Å²) in [6.45, 7) is 5.08. The van der Waals surface area contributed by atoms with E-state index in [4.69, 9.17) is 9.47 Å². The Morgan fingerprint density at radius 1 is 1.20 bits per heavy atom. The Morgan fingerprint density at radius 3 is 2.33 bits per heavy atom. The first-order valence-electron chi connectivity index (χ1n) is 5.71. The summed E-state index contributed by atoms with van der Waals surface area (Å²) in [6.07, 6.45) is 1.51. The summed E-state index contributed by atoms with van der Waals surface area (Å²) in [5.74, 6) is -0.475. The molecule has 0 bridgehead atoms. The van der Waals surface area contributed by atoms with Gasteiger partial charge < -0.3 is 19.7 Å². The molecule has 1 aliphatic heterocycles. The van der Waals surface area contributed by atoms with Gasteiger partial charge in [-0.3, -0.25) is 0 Å². The minimum Gasteiger partial charge on any atom is -0.390 e. The van der Waals surface area contributed by atoms with E-state index in [0.717, 1.165) is 12.8 Å². The van der Waals surface area contributed by atoms with Crippen LogP contribution >= 0.6 is 0 Å². The largest absolute Gasteiger partial charge is 0.390 e. The second-order valence-corrected chi connectivity index (χ2v) is 4.27. The van der Waals surface area contributed by atoms with E-state index in [0.29, 0.717) is 26.1 Å². The van der Waals surface area contributed by atoms with Crippen LogP contribution in [0.5, 0.6) is 0 Å². The SMILES string of the molecule is CC[C@@H](O)[C@H](O)CCCC1(C)OCCO1. The van der Waals surface area contributed by atoms with Crippen LogP contribution in [0.25, 0.3) is 0 Å². The van der Waals surface area contributed by atoms with Crippen molar-refractivity contribution >= 4 is 0 Å². The maximum absolute atomic E-state index is 9.54. The molecular weight excluding hydrogens is 196 g/mol. The first-order chi connectivity index (χ1) is 7.07. The Morgan fingerprint density at radius 2 is 1.80 bits per heavy atom. The third-order valence-corrected chi connectivity index (χ3v) is 2.89. The highest BCUT2D eigenvalue weighted by atomic mass is 16.7. The van der Waals surface area contributed by atoms with Crippen LogP contribution in [-0.4, -0.2) is 41.4 Å². The summed E-state index contributed by atoms with van der Waals surface area (Å²) in [6, 6.07) is 0. The van der Waals surface area contributed by atoms with E-state index in [9.17, 15) is 10.2 Å². The average molecular weight is 218 g/mol. The summed E-state index contributed by atoms with van der Waals surface area (Å²) in [7, 11) is 0. The number of aliphatic hydroxyl groups is 2. The summed E-state index contributed by atoms with van der Waals surface area (Å²) in [5, 5.41) is 18.9. The number of aliphatic hydroxyl groups excluding tert-OH is 2. The first-order valence-corrected chi connectivity index (χ1v) is 5.71. The molecule has 0 aromatic rings. The quantitative estimate of drug-likeness (QED) is 0.699. The molecule has 1 fully saturated rings. The molecule has 0 saturated carbocycles. The second kappa shape index (κ2) is 5.80. The zero-order valence-corrected chi connectivity index (χ0v) is 9.61. The molecule has 2 atom stereocenters. The van der Waals surface area contributed by atoms with Gasteiger partial charge in [-0.25, -0.2) is 0 Å². The van der Waals surface area contributed by atoms with Crippen molar-refractivity contribution in [1.82, 2.24) is 0 Å². The Hall–Kier alpha value is -0.160.